The lowest BCUT2D eigenvalue weighted by molar-refractivity contribution is -0.187. The van der Waals surface area contributed by atoms with Crippen molar-refractivity contribution in [1.82, 2.24) is 19.1 Å². The number of aliphatic carboxylic acids is 1. The van der Waals surface area contributed by atoms with E-state index < -0.39 is 47.1 Å². The second-order valence-electron chi connectivity index (χ2n) is 6.17. The Bertz CT molecular complexity index is 986. The van der Waals surface area contributed by atoms with Gasteiger partial charge in [0.15, 0.2) is 5.65 Å². The van der Waals surface area contributed by atoms with Crippen molar-refractivity contribution in [3.05, 3.63) is 18.0 Å². The van der Waals surface area contributed by atoms with E-state index in [-0.39, 0.29) is 4.90 Å². The monoisotopic (exact) mass is 392 g/mol. The predicted octanol–water partition coefficient (Wildman–Crippen LogP) is 1.16. The number of hydrogen-bond donors (Lipinski definition) is 1. The lowest BCUT2D eigenvalue weighted by Gasteiger charge is -2.18. The second-order valence-corrected chi connectivity index (χ2v) is 8.10. The van der Waals surface area contributed by atoms with Crippen LogP contribution in [-0.4, -0.2) is 57.8 Å². The fourth-order valence-electron chi connectivity index (χ4n) is 3.12. The summed E-state index contributed by atoms with van der Waals surface area (Å²) in [5, 5.41) is 13.6. The van der Waals surface area contributed by atoms with Crippen LogP contribution in [0.25, 0.3) is 11.0 Å². The Morgan fingerprint density at radius 3 is 2.54 bits per heavy atom. The van der Waals surface area contributed by atoms with E-state index in [1.807, 2.05) is 0 Å². The average Bonchev–Trinajstić information content (AvgIpc) is 3.10. The highest BCUT2D eigenvalue weighted by molar-refractivity contribution is 7.89. The van der Waals surface area contributed by atoms with E-state index in [0.29, 0.717) is 21.0 Å². The van der Waals surface area contributed by atoms with E-state index in [0.717, 1.165) is 6.20 Å². The number of nitrogens with zero attached hydrogens (tertiary/aromatic N) is 4. The van der Waals surface area contributed by atoms with Gasteiger partial charge in [0.1, 0.15) is 4.90 Å². The van der Waals surface area contributed by atoms with Crippen LogP contribution >= 0.6 is 0 Å². The van der Waals surface area contributed by atoms with Crippen LogP contribution in [0.3, 0.4) is 0 Å². The Morgan fingerprint density at radius 2 is 2.00 bits per heavy atom. The van der Waals surface area contributed by atoms with Gasteiger partial charge in [0, 0.05) is 31.7 Å². The van der Waals surface area contributed by atoms with E-state index in [1.165, 1.54) is 10.7 Å². The number of aryl methyl sites for hydroxylation is 2. The summed E-state index contributed by atoms with van der Waals surface area (Å²) in [7, 11) is -2.70. The third-order valence-corrected chi connectivity index (χ3v) is 6.30. The summed E-state index contributed by atoms with van der Waals surface area (Å²) in [6.45, 7) is -0.0326. The molecule has 0 aromatic carbocycles. The molecule has 1 aliphatic rings. The molecule has 2 aromatic heterocycles. The van der Waals surface area contributed by atoms with Crippen molar-refractivity contribution in [2.45, 2.75) is 18.0 Å². The van der Waals surface area contributed by atoms with Crippen LogP contribution in [0.15, 0.2) is 17.2 Å². The van der Waals surface area contributed by atoms with Crippen LogP contribution in [0.5, 0.6) is 0 Å². The van der Waals surface area contributed by atoms with E-state index in [9.17, 15) is 26.4 Å². The molecule has 142 valence electrons. The first-order valence-corrected chi connectivity index (χ1v) is 8.96. The summed E-state index contributed by atoms with van der Waals surface area (Å²) in [5.41, 5.74) is 0.949. The van der Waals surface area contributed by atoms with Gasteiger partial charge in [-0.15, -0.1) is 0 Å². The third kappa shape index (κ3) is 2.92. The summed E-state index contributed by atoms with van der Waals surface area (Å²) in [6.07, 6.45) is -3.77. The van der Waals surface area contributed by atoms with Gasteiger partial charge in [0.05, 0.1) is 17.5 Å². The van der Waals surface area contributed by atoms with Gasteiger partial charge in [0.2, 0.25) is 10.0 Å². The van der Waals surface area contributed by atoms with Crippen molar-refractivity contribution in [3.8, 4) is 0 Å². The highest BCUT2D eigenvalue weighted by atomic mass is 32.2. The number of fused-ring (bicyclic) bond motifs is 1. The number of carboxylic acids is 1. The second kappa shape index (κ2) is 5.91. The Morgan fingerprint density at radius 1 is 1.35 bits per heavy atom. The van der Waals surface area contributed by atoms with Crippen LogP contribution in [0.2, 0.25) is 0 Å². The number of hydrogen-bond acceptors (Lipinski definition) is 5. The molecule has 0 amide bonds. The number of carbonyl (C=O) groups is 1. The Kier molecular flexibility index (Phi) is 4.22. The van der Waals surface area contributed by atoms with Crippen LogP contribution in [0, 0.1) is 18.8 Å². The Labute approximate surface area is 146 Å². The van der Waals surface area contributed by atoms with Gasteiger partial charge in [0.25, 0.3) is 0 Å². The normalized spacial score (nSPS) is 22.2. The summed E-state index contributed by atoms with van der Waals surface area (Å²) >= 11 is 0. The van der Waals surface area contributed by atoms with Crippen molar-refractivity contribution < 1.29 is 31.5 Å². The first kappa shape index (κ1) is 18.6. The average molecular weight is 392 g/mol. The number of halogens is 3. The molecule has 1 N–H and O–H groups in total. The summed E-state index contributed by atoms with van der Waals surface area (Å²) in [4.78, 5) is 14.9. The fraction of sp³-hybridized carbons (Fsp3) is 0.500. The molecule has 3 heterocycles. The predicted molar refractivity (Wildman–Crippen MR) is 82.7 cm³/mol. The molecule has 26 heavy (non-hydrogen) atoms. The molecule has 0 saturated carbocycles. The van der Waals surface area contributed by atoms with Crippen LogP contribution in [0.1, 0.15) is 5.69 Å². The first-order valence-electron chi connectivity index (χ1n) is 7.52. The van der Waals surface area contributed by atoms with Gasteiger partial charge >= 0.3 is 12.1 Å². The van der Waals surface area contributed by atoms with Crippen molar-refractivity contribution in [1.29, 1.82) is 0 Å². The van der Waals surface area contributed by atoms with Crippen LogP contribution < -0.4 is 0 Å². The zero-order chi connectivity index (χ0) is 19.4. The van der Waals surface area contributed by atoms with E-state index in [4.69, 9.17) is 5.11 Å². The minimum absolute atomic E-state index is 0.298. The maximum Gasteiger partial charge on any atom is 0.393 e. The lowest BCUT2D eigenvalue weighted by atomic mass is 9.96. The van der Waals surface area contributed by atoms with E-state index in [1.54, 1.807) is 14.0 Å². The molecular formula is C14H15F3N4O4S. The minimum Gasteiger partial charge on any atom is -0.481 e. The SMILES string of the molecule is Cc1nn(C)c2ncc(S(=O)(=O)N3C[C@@H](C(F)(F)F)[C@H](C(=O)O)C3)cc12. The zero-order valence-corrected chi connectivity index (χ0v) is 14.5. The van der Waals surface area contributed by atoms with Crippen molar-refractivity contribution >= 4 is 27.0 Å². The Balaban J connectivity index is 2.01. The van der Waals surface area contributed by atoms with Gasteiger partial charge in [-0.25, -0.2) is 13.4 Å². The summed E-state index contributed by atoms with van der Waals surface area (Å²) in [5.74, 6) is -5.78. The molecule has 1 saturated heterocycles. The minimum atomic E-state index is -4.81. The van der Waals surface area contributed by atoms with Crippen LogP contribution in [-0.2, 0) is 21.9 Å². The van der Waals surface area contributed by atoms with Gasteiger partial charge in [-0.1, -0.05) is 0 Å². The van der Waals surface area contributed by atoms with E-state index in [2.05, 4.69) is 10.1 Å². The molecule has 1 aliphatic heterocycles. The number of carboxylic acid groups (broad SMARTS) is 1. The molecule has 0 aliphatic carbocycles. The molecule has 1 fully saturated rings. The van der Waals surface area contributed by atoms with Gasteiger partial charge in [-0.3, -0.25) is 9.48 Å². The highest BCUT2D eigenvalue weighted by Crippen LogP contribution is 2.39. The largest absolute Gasteiger partial charge is 0.481 e. The van der Waals surface area contributed by atoms with Crippen molar-refractivity contribution in [2.24, 2.45) is 18.9 Å². The molecule has 0 unspecified atom stereocenters. The smallest absolute Gasteiger partial charge is 0.393 e. The van der Waals surface area contributed by atoms with Gasteiger partial charge < -0.3 is 5.11 Å². The van der Waals surface area contributed by atoms with E-state index >= 15 is 0 Å². The number of pyridine rings is 1. The molecular weight excluding hydrogens is 377 g/mol. The lowest BCUT2D eigenvalue weighted by Crippen LogP contribution is -2.34. The van der Waals surface area contributed by atoms with Crippen LogP contribution in [0.4, 0.5) is 13.2 Å². The van der Waals surface area contributed by atoms with Gasteiger partial charge in [-0.2, -0.15) is 22.6 Å². The number of rotatable bonds is 3. The first-order chi connectivity index (χ1) is 11.9. The highest BCUT2D eigenvalue weighted by Gasteiger charge is 2.55. The molecule has 0 bridgehead atoms. The zero-order valence-electron chi connectivity index (χ0n) is 13.7. The number of alkyl halides is 3. The Hall–Kier alpha value is -2.21. The molecule has 12 heteroatoms. The molecule has 0 spiro atoms. The molecule has 3 rings (SSSR count). The maximum absolute atomic E-state index is 13.1. The maximum atomic E-state index is 13.1. The standard InChI is InChI=1S/C14H15F3N4O4S/c1-7-9-3-8(4-18-12(9)20(2)19-7)26(24,25)21-5-10(13(22)23)11(6-21)14(15,16)17/h3-4,10-11H,5-6H2,1-2H3,(H,22,23)/t10-,11-/m1/s1. The third-order valence-electron chi connectivity index (χ3n) is 4.50. The summed E-state index contributed by atoms with van der Waals surface area (Å²) in [6, 6.07) is 1.29. The summed E-state index contributed by atoms with van der Waals surface area (Å²) < 4.78 is 66.8. The fourth-order valence-corrected chi connectivity index (χ4v) is 4.59. The van der Waals surface area contributed by atoms with Gasteiger partial charge in [-0.05, 0) is 13.0 Å². The number of aromatic nitrogens is 3. The molecule has 2 atom stereocenters. The molecule has 8 nitrogen and oxygen atoms in total. The molecule has 2 aromatic rings. The topological polar surface area (TPSA) is 105 Å². The quantitative estimate of drug-likeness (QED) is 0.840. The number of sulfonamides is 1. The molecule has 0 radical (unpaired) electrons. The van der Waals surface area contributed by atoms with Crippen molar-refractivity contribution in [3.63, 3.8) is 0 Å². The van der Waals surface area contributed by atoms with Crippen molar-refractivity contribution in [2.75, 3.05) is 13.1 Å².